The first-order chi connectivity index (χ1) is 18.4. The van der Waals surface area contributed by atoms with Crippen molar-refractivity contribution in [3.8, 4) is 23.0 Å². The van der Waals surface area contributed by atoms with E-state index in [2.05, 4.69) is 5.32 Å². The number of benzene rings is 3. The van der Waals surface area contributed by atoms with Crippen molar-refractivity contribution in [3.05, 3.63) is 88.2 Å². The minimum Gasteiger partial charge on any atom is -0.497 e. The number of carbonyl (C=O) groups is 2. The Morgan fingerprint density at radius 2 is 1.50 bits per heavy atom. The van der Waals surface area contributed by atoms with Crippen LogP contribution in [0.4, 0.5) is 5.69 Å². The Bertz CT molecular complexity index is 1540. The predicted octanol–water partition coefficient (Wildman–Crippen LogP) is 4.30. The molecular formula is C29H28N2O7. The molecule has 4 aromatic rings. The number of methoxy groups -OCH3 is 3. The number of fused-ring (bicyclic) bond motifs is 1. The van der Waals surface area contributed by atoms with Crippen molar-refractivity contribution in [2.24, 2.45) is 0 Å². The fourth-order valence-corrected chi connectivity index (χ4v) is 4.07. The van der Waals surface area contributed by atoms with Crippen LogP contribution in [0.2, 0.25) is 0 Å². The van der Waals surface area contributed by atoms with E-state index in [1.165, 1.54) is 27.5 Å². The molecule has 1 heterocycles. The van der Waals surface area contributed by atoms with Gasteiger partial charge in [-0.2, -0.15) is 0 Å². The van der Waals surface area contributed by atoms with E-state index in [0.29, 0.717) is 46.4 Å². The summed E-state index contributed by atoms with van der Waals surface area (Å²) < 4.78 is 22.9. The summed E-state index contributed by atoms with van der Waals surface area (Å²) in [7, 11) is 4.52. The number of hydrogen-bond donors (Lipinski definition) is 1. The Balaban J connectivity index is 1.73. The van der Waals surface area contributed by atoms with E-state index in [-0.39, 0.29) is 23.4 Å². The smallest absolute Gasteiger partial charge is 0.244 e. The average molecular weight is 517 g/mol. The van der Waals surface area contributed by atoms with Crippen molar-refractivity contribution >= 4 is 28.3 Å². The number of pyridine rings is 1. The van der Waals surface area contributed by atoms with Crippen LogP contribution in [-0.2, 0) is 11.3 Å². The lowest BCUT2D eigenvalue weighted by molar-refractivity contribution is -0.116. The Kier molecular flexibility index (Phi) is 7.96. The van der Waals surface area contributed by atoms with Crippen molar-refractivity contribution in [2.45, 2.75) is 13.5 Å². The van der Waals surface area contributed by atoms with E-state index in [1.54, 1.807) is 65.2 Å². The molecule has 0 unspecified atom stereocenters. The number of anilines is 1. The van der Waals surface area contributed by atoms with Crippen LogP contribution >= 0.6 is 0 Å². The average Bonchev–Trinajstić information content (AvgIpc) is 2.94. The summed E-state index contributed by atoms with van der Waals surface area (Å²) in [5.41, 5.74) is 0.745. The van der Waals surface area contributed by atoms with Crippen molar-refractivity contribution in [3.63, 3.8) is 0 Å². The van der Waals surface area contributed by atoms with E-state index in [9.17, 15) is 14.4 Å². The third kappa shape index (κ3) is 5.46. The van der Waals surface area contributed by atoms with E-state index < -0.39 is 11.2 Å². The largest absolute Gasteiger partial charge is 0.497 e. The Hall–Kier alpha value is -4.79. The predicted molar refractivity (Wildman–Crippen MR) is 144 cm³/mol. The quantitative estimate of drug-likeness (QED) is 0.314. The second kappa shape index (κ2) is 11.5. The molecule has 1 aromatic heterocycles. The molecule has 0 bridgehead atoms. The molecule has 0 fully saturated rings. The first kappa shape index (κ1) is 26.3. The van der Waals surface area contributed by atoms with Crippen LogP contribution in [0.1, 0.15) is 22.8 Å². The van der Waals surface area contributed by atoms with Gasteiger partial charge in [0.25, 0.3) is 0 Å². The van der Waals surface area contributed by atoms with Crippen LogP contribution in [0.25, 0.3) is 10.9 Å². The van der Waals surface area contributed by atoms with Crippen LogP contribution in [0, 0.1) is 0 Å². The highest BCUT2D eigenvalue weighted by Gasteiger charge is 2.19. The Labute approximate surface area is 219 Å². The van der Waals surface area contributed by atoms with Crippen molar-refractivity contribution in [1.29, 1.82) is 0 Å². The summed E-state index contributed by atoms with van der Waals surface area (Å²) in [4.78, 5) is 39.9. The second-order valence-electron chi connectivity index (χ2n) is 8.28. The van der Waals surface area contributed by atoms with Gasteiger partial charge in [0.05, 0.1) is 50.1 Å². The SMILES string of the molecule is CCOc1ccc(C(=O)c2cn(CC(=O)Nc3ccc(OC)cc3OC)c3ccc(OC)cc3c2=O)cc1. The summed E-state index contributed by atoms with van der Waals surface area (Å²) >= 11 is 0. The molecule has 0 atom stereocenters. The summed E-state index contributed by atoms with van der Waals surface area (Å²) in [5, 5.41) is 3.08. The van der Waals surface area contributed by atoms with E-state index in [0.717, 1.165) is 0 Å². The Morgan fingerprint density at radius 3 is 2.16 bits per heavy atom. The minimum atomic E-state index is -0.464. The molecule has 4 rings (SSSR count). The number of hydrogen-bond acceptors (Lipinski definition) is 7. The summed E-state index contributed by atoms with van der Waals surface area (Å²) in [5.74, 6) is 1.24. The maximum absolute atomic E-state index is 13.4. The number of ketones is 1. The van der Waals surface area contributed by atoms with Crippen molar-refractivity contribution < 1.29 is 28.5 Å². The maximum atomic E-state index is 13.4. The third-order valence-corrected chi connectivity index (χ3v) is 5.96. The van der Waals surface area contributed by atoms with Crippen LogP contribution < -0.4 is 29.7 Å². The highest BCUT2D eigenvalue weighted by atomic mass is 16.5. The normalized spacial score (nSPS) is 10.6. The summed E-state index contributed by atoms with van der Waals surface area (Å²) in [6, 6.07) is 16.5. The van der Waals surface area contributed by atoms with Gasteiger partial charge < -0.3 is 28.8 Å². The third-order valence-electron chi connectivity index (χ3n) is 5.96. The van der Waals surface area contributed by atoms with Crippen LogP contribution in [0.3, 0.4) is 0 Å². The van der Waals surface area contributed by atoms with Gasteiger partial charge in [0, 0.05) is 17.8 Å². The topological polar surface area (TPSA) is 105 Å². The van der Waals surface area contributed by atoms with Gasteiger partial charge in [0.2, 0.25) is 11.3 Å². The highest BCUT2D eigenvalue weighted by molar-refractivity contribution is 6.10. The molecular weight excluding hydrogens is 488 g/mol. The first-order valence-electron chi connectivity index (χ1n) is 11.9. The number of carbonyl (C=O) groups excluding carboxylic acids is 2. The van der Waals surface area contributed by atoms with Gasteiger partial charge >= 0.3 is 0 Å². The van der Waals surface area contributed by atoms with Gasteiger partial charge in [-0.3, -0.25) is 14.4 Å². The molecule has 0 radical (unpaired) electrons. The molecule has 0 aliphatic rings. The number of nitrogens with zero attached hydrogens (tertiary/aromatic N) is 1. The molecule has 0 aliphatic heterocycles. The van der Waals surface area contributed by atoms with Crippen LogP contribution in [-0.4, -0.2) is 44.2 Å². The standard InChI is InChI=1S/C29H28N2O7/c1-5-38-19-8-6-18(7-9-19)28(33)23-16-31(25-13-11-20(35-2)14-22(25)29(23)34)17-27(32)30-24-12-10-21(36-3)15-26(24)37-4/h6-16H,5,17H2,1-4H3,(H,30,32). The zero-order valence-electron chi connectivity index (χ0n) is 21.6. The first-order valence-corrected chi connectivity index (χ1v) is 11.9. The Morgan fingerprint density at radius 1 is 0.842 bits per heavy atom. The van der Waals surface area contributed by atoms with Crippen molar-refractivity contribution in [1.82, 2.24) is 4.57 Å². The lowest BCUT2D eigenvalue weighted by Crippen LogP contribution is -2.24. The zero-order valence-corrected chi connectivity index (χ0v) is 21.6. The second-order valence-corrected chi connectivity index (χ2v) is 8.28. The van der Waals surface area contributed by atoms with Gasteiger partial charge in [0.1, 0.15) is 29.5 Å². The van der Waals surface area contributed by atoms with E-state index in [1.807, 2.05) is 6.92 Å². The molecule has 9 heteroatoms. The molecule has 0 aliphatic carbocycles. The van der Waals surface area contributed by atoms with Gasteiger partial charge in [-0.1, -0.05) is 0 Å². The molecule has 1 N–H and O–H groups in total. The number of amides is 1. The highest BCUT2D eigenvalue weighted by Crippen LogP contribution is 2.29. The number of nitrogens with one attached hydrogen (secondary N) is 1. The molecule has 0 spiro atoms. The maximum Gasteiger partial charge on any atom is 0.244 e. The van der Waals surface area contributed by atoms with Gasteiger partial charge in [-0.25, -0.2) is 0 Å². The summed E-state index contributed by atoms with van der Waals surface area (Å²) in [6.45, 7) is 2.20. The van der Waals surface area contributed by atoms with E-state index in [4.69, 9.17) is 18.9 Å². The molecule has 196 valence electrons. The number of rotatable bonds is 10. The van der Waals surface area contributed by atoms with Gasteiger partial charge in [-0.15, -0.1) is 0 Å². The summed E-state index contributed by atoms with van der Waals surface area (Å²) in [6.07, 6.45) is 1.42. The van der Waals surface area contributed by atoms with E-state index >= 15 is 0 Å². The monoisotopic (exact) mass is 516 g/mol. The van der Waals surface area contributed by atoms with Gasteiger partial charge in [0.15, 0.2) is 5.78 Å². The molecule has 3 aromatic carbocycles. The number of ether oxygens (including phenoxy) is 4. The van der Waals surface area contributed by atoms with Crippen molar-refractivity contribution in [2.75, 3.05) is 33.3 Å². The zero-order chi connectivity index (χ0) is 27.2. The fraction of sp³-hybridized carbons (Fsp3) is 0.207. The molecule has 0 saturated carbocycles. The minimum absolute atomic E-state index is 0.0651. The van der Waals surface area contributed by atoms with Crippen LogP contribution in [0.15, 0.2) is 71.7 Å². The molecule has 1 amide bonds. The molecule has 38 heavy (non-hydrogen) atoms. The lowest BCUT2D eigenvalue weighted by Gasteiger charge is -2.15. The molecule has 0 saturated heterocycles. The molecule has 9 nitrogen and oxygen atoms in total. The fourth-order valence-electron chi connectivity index (χ4n) is 4.07. The van der Waals surface area contributed by atoms with Gasteiger partial charge in [-0.05, 0) is 61.5 Å². The number of aromatic nitrogens is 1. The van der Waals surface area contributed by atoms with Crippen LogP contribution in [0.5, 0.6) is 23.0 Å². The lowest BCUT2D eigenvalue weighted by atomic mass is 10.0.